The first-order valence-electron chi connectivity index (χ1n) is 14.8. The van der Waals surface area contributed by atoms with Gasteiger partial charge in [-0.1, -0.05) is 86.7 Å². The maximum Gasteiger partial charge on any atom is 0.434 e. The number of hydrogen-bond donors (Lipinski definition) is 3. The van der Waals surface area contributed by atoms with E-state index in [2.05, 4.69) is 35.4 Å². The van der Waals surface area contributed by atoms with Crippen LogP contribution in [0.3, 0.4) is 0 Å². The number of anilines is 1. The first kappa shape index (κ1) is 30.5. The minimum Gasteiger partial charge on any atom is -0.463 e. The van der Waals surface area contributed by atoms with Gasteiger partial charge in [-0.3, -0.25) is 4.79 Å². The molecule has 3 aromatic rings. The molecule has 1 saturated carbocycles. The van der Waals surface area contributed by atoms with E-state index in [-0.39, 0.29) is 30.9 Å². The summed E-state index contributed by atoms with van der Waals surface area (Å²) in [5.74, 6) is -0.0188. The lowest BCUT2D eigenvalue weighted by atomic mass is 9.83. The van der Waals surface area contributed by atoms with Gasteiger partial charge in [-0.25, -0.2) is 9.59 Å². The van der Waals surface area contributed by atoms with E-state index in [0.717, 1.165) is 35.1 Å². The number of benzene rings is 2. The van der Waals surface area contributed by atoms with Crippen LogP contribution in [-0.4, -0.2) is 52.5 Å². The van der Waals surface area contributed by atoms with Gasteiger partial charge in [0.05, 0.1) is 45.1 Å². The molecule has 5 rings (SSSR count). The van der Waals surface area contributed by atoms with Crippen LogP contribution in [0.5, 0.6) is 0 Å². The molecule has 0 bridgehead atoms. The maximum absolute atomic E-state index is 13.9. The molecule has 2 aliphatic rings. The lowest BCUT2D eigenvalue weighted by Crippen LogP contribution is -2.52. The number of urea groups is 1. The summed E-state index contributed by atoms with van der Waals surface area (Å²) in [5, 5.41) is 20.0. The molecule has 43 heavy (non-hydrogen) atoms. The molecule has 10 nitrogen and oxygen atoms in total. The van der Waals surface area contributed by atoms with Crippen LogP contribution in [0.4, 0.5) is 15.4 Å². The Morgan fingerprint density at radius 3 is 2.21 bits per heavy atom. The highest BCUT2D eigenvalue weighted by molar-refractivity contribution is 6.83. The van der Waals surface area contributed by atoms with Gasteiger partial charge in [-0.2, -0.15) is 5.10 Å². The van der Waals surface area contributed by atoms with Crippen molar-refractivity contribution in [2.45, 2.75) is 82.5 Å². The number of amides is 3. The fraction of sp³-hybridized carbons (Fsp3) is 0.438. The number of fused-ring (bicyclic) bond motifs is 1. The minimum absolute atomic E-state index is 0.101. The SMILES string of the molecule is CC1(C)c2nn(C(=O)O)c(NC(=O)C3([Si](C)(C)C)CCC3)c2CN1C(=O)NC(COCc1ccccc1)c1ccccc1. The summed E-state index contributed by atoms with van der Waals surface area (Å²) in [6.45, 7) is 11.0. The molecular weight excluding hydrogens is 562 g/mol. The van der Waals surface area contributed by atoms with Gasteiger partial charge in [0.15, 0.2) is 0 Å². The second kappa shape index (κ2) is 11.6. The fourth-order valence-electron chi connectivity index (χ4n) is 6.25. The van der Waals surface area contributed by atoms with E-state index in [1.807, 2.05) is 74.5 Å². The number of aromatic nitrogens is 2. The van der Waals surface area contributed by atoms with Crippen molar-refractivity contribution in [3.63, 3.8) is 0 Å². The number of nitrogens with one attached hydrogen (secondary N) is 2. The highest BCUT2D eigenvalue weighted by atomic mass is 28.3. The van der Waals surface area contributed by atoms with Gasteiger partial charge in [0, 0.05) is 10.6 Å². The third-order valence-corrected chi connectivity index (χ3v) is 12.8. The van der Waals surface area contributed by atoms with Crippen molar-refractivity contribution in [1.82, 2.24) is 20.0 Å². The summed E-state index contributed by atoms with van der Waals surface area (Å²) >= 11 is 0. The average molecular weight is 604 g/mol. The van der Waals surface area contributed by atoms with Crippen LogP contribution in [-0.2, 0) is 28.2 Å². The first-order valence-corrected chi connectivity index (χ1v) is 18.3. The first-order chi connectivity index (χ1) is 20.3. The Morgan fingerprint density at radius 1 is 1.02 bits per heavy atom. The second-order valence-corrected chi connectivity index (χ2v) is 18.5. The predicted octanol–water partition coefficient (Wildman–Crippen LogP) is 6.33. The molecule has 1 aromatic heterocycles. The summed E-state index contributed by atoms with van der Waals surface area (Å²) in [7, 11) is -1.91. The summed E-state index contributed by atoms with van der Waals surface area (Å²) in [5.41, 5.74) is 2.00. The molecular formula is C32H41N5O5Si. The van der Waals surface area contributed by atoms with Gasteiger partial charge in [0.2, 0.25) is 5.91 Å². The van der Waals surface area contributed by atoms with Gasteiger partial charge in [-0.15, -0.1) is 4.68 Å². The molecule has 1 aliphatic heterocycles. The Labute approximate surface area is 253 Å². The molecule has 2 aromatic carbocycles. The number of nitrogens with zero attached hydrogens (tertiary/aromatic N) is 3. The van der Waals surface area contributed by atoms with E-state index < -0.39 is 30.8 Å². The Balaban J connectivity index is 1.37. The van der Waals surface area contributed by atoms with Crippen LogP contribution in [0, 0.1) is 0 Å². The van der Waals surface area contributed by atoms with Crippen molar-refractivity contribution in [3.8, 4) is 0 Å². The largest absolute Gasteiger partial charge is 0.463 e. The van der Waals surface area contributed by atoms with Gasteiger partial charge in [-0.05, 0) is 37.8 Å². The zero-order chi connectivity index (χ0) is 31.0. The Bertz CT molecular complexity index is 1500. The number of ether oxygens (including phenoxy) is 1. The van der Waals surface area contributed by atoms with E-state index in [1.54, 1.807) is 4.90 Å². The number of carbonyl (C=O) groups is 3. The molecule has 1 atom stereocenters. The highest BCUT2D eigenvalue weighted by Gasteiger charge is 2.54. The number of hydrogen-bond acceptors (Lipinski definition) is 5. The molecule has 228 valence electrons. The van der Waals surface area contributed by atoms with Crippen molar-refractivity contribution in [2.24, 2.45) is 0 Å². The van der Waals surface area contributed by atoms with Crippen LogP contribution in [0.15, 0.2) is 60.7 Å². The van der Waals surface area contributed by atoms with E-state index in [9.17, 15) is 19.5 Å². The van der Waals surface area contributed by atoms with Gasteiger partial charge in [0.1, 0.15) is 5.82 Å². The molecule has 2 heterocycles. The summed E-state index contributed by atoms with van der Waals surface area (Å²) in [6.07, 6.45) is 1.29. The van der Waals surface area contributed by atoms with Crippen molar-refractivity contribution in [3.05, 3.63) is 83.0 Å². The third kappa shape index (κ3) is 5.71. The quantitative estimate of drug-likeness (QED) is 0.246. The second-order valence-electron chi connectivity index (χ2n) is 13.1. The van der Waals surface area contributed by atoms with Crippen molar-refractivity contribution in [2.75, 3.05) is 11.9 Å². The molecule has 1 aliphatic carbocycles. The average Bonchev–Trinajstić information content (AvgIpc) is 3.41. The van der Waals surface area contributed by atoms with E-state index in [4.69, 9.17) is 4.74 Å². The molecule has 0 saturated heterocycles. The zero-order valence-corrected chi connectivity index (χ0v) is 26.5. The van der Waals surface area contributed by atoms with Gasteiger partial charge < -0.3 is 25.4 Å². The maximum atomic E-state index is 13.9. The minimum atomic E-state index is -1.91. The fourth-order valence-corrected chi connectivity index (χ4v) is 8.84. The van der Waals surface area contributed by atoms with Crippen LogP contribution >= 0.6 is 0 Å². The van der Waals surface area contributed by atoms with E-state index in [1.165, 1.54) is 0 Å². The van der Waals surface area contributed by atoms with Gasteiger partial charge in [0.25, 0.3) is 0 Å². The summed E-state index contributed by atoms with van der Waals surface area (Å²) < 4.78 is 6.87. The van der Waals surface area contributed by atoms with E-state index >= 15 is 0 Å². The molecule has 11 heteroatoms. The lowest BCUT2D eigenvalue weighted by molar-refractivity contribution is -0.121. The molecule has 3 N–H and O–H groups in total. The van der Waals surface area contributed by atoms with Crippen molar-refractivity contribution >= 4 is 31.9 Å². The molecule has 0 radical (unpaired) electrons. The predicted molar refractivity (Wildman–Crippen MR) is 167 cm³/mol. The Morgan fingerprint density at radius 2 is 1.65 bits per heavy atom. The van der Waals surface area contributed by atoms with Crippen LogP contribution < -0.4 is 10.6 Å². The Kier molecular flexibility index (Phi) is 8.23. The normalized spacial score (nSPS) is 17.5. The van der Waals surface area contributed by atoms with Crippen LogP contribution in [0.25, 0.3) is 0 Å². The third-order valence-electron chi connectivity index (χ3n) is 9.19. The topological polar surface area (TPSA) is 126 Å². The molecule has 1 unspecified atom stereocenters. The Hall–Kier alpha value is -3.96. The molecule has 1 fully saturated rings. The highest BCUT2D eigenvalue weighted by Crippen LogP contribution is 2.56. The molecule has 3 amide bonds. The van der Waals surface area contributed by atoms with Crippen LogP contribution in [0.2, 0.25) is 24.7 Å². The lowest BCUT2D eigenvalue weighted by Gasteiger charge is -2.48. The number of carboxylic acid groups (broad SMARTS) is 1. The number of rotatable bonds is 9. The van der Waals surface area contributed by atoms with Crippen LogP contribution in [0.1, 0.15) is 61.5 Å². The molecule has 0 spiro atoms. The standard InChI is InChI=1S/C32H41N5O5Si/c1-31(2)26-24(27(37(35-26)30(40)41)34-28(38)32(17-12-18-32)43(3,4)5)19-36(31)29(39)33-25(23-15-10-7-11-16-23)21-42-20-22-13-8-6-9-14-22/h6-11,13-16,25H,12,17-21H2,1-5H3,(H,33,39)(H,34,38)(H,40,41). The van der Waals surface area contributed by atoms with Crippen molar-refractivity contribution < 1.29 is 24.2 Å². The summed E-state index contributed by atoms with van der Waals surface area (Å²) in [4.78, 5) is 41.4. The smallest absolute Gasteiger partial charge is 0.434 e. The van der Waals surface area contributed by atoms with E-state index in [0.29, 0.717) is 17.9 Å². The van der Waals surface area contributed by atoms with Gasteiger partial charge >= 0.3 is 12.1 Å². The van der Waals surface area contributed by atoms with Crippen molar-refractivity contribution in [1.29, 1.82) is 0 Å². The zero-order valence-electron chi connectivity index (χ0n) is 25.5. The monoisotopic (exact) mass is 603 g/mol. The number of carbonyl (C=O) groups excluding carboxylic acids is 2. The summed E-state index contributed by atoms with van der Waals surface area (Å²) in [6, 6.07) is 18.7.